The molecular formula is C11H23N3O2S2. The molecule has 106 valence electrons. The highest BCUT2D eigenvalue weighted by Crippen LogP contribution is 2.26. The van der Waals surface area contributed by atoms with Gasteiger partial charge in [-0.1, -0.05) is 38.9 Å². The normalized spacial score (nSPS) is 17.8. The van der Waals surface area contributed by atoms with Crippen molar-refractivity contribution in [3.8, 4) is 0 Å². The zero-order valence-electron chi connectivity index (χ0n) is 11.1. The number of thiocarbonyl (C=S) groups is 1. The van der Waals surface area contributed by atoms with Gasteiger partial charge in [0.1, 0.15) is 0 Å². The lowest BCUT2D eigenvalue weighted by Crippen LogP contribution is -2.50. The first-order valence-electron chi connectivity index (χ1n) is 6.48. The minimum atomic E-state index is -3.44. The van der Waals surface area contributed by atoms with Gasteiger partial charge in [-0.25, -0.2) is 0 Å². The van der Waals surface area contributed by atoms with Crippen molar-refractivity contribution in [2.75, 3.05) is 19.6 Å². The highest BCUT2D eigenvalue weighted by Gasteiger charge is 2.35. The second-order valence-electron chi connectivity index (χ2n) is 4.54. The highest BCUT2D eigenvalue weighted by atomic mass is 32.2. The molecule has 7 heteroatoms. The maximum absolute atomic E-state index is 12.6. The Kier molecular flexibility index (Phi) is 5.97. The summed E-state index contributed by atoms with van der Waals surface area (Å²) >= 11 is 4.89. The van der Waals surface area contributed by atoms with E-state index in [9.17, 15) is 8.42 Å². The van der Waals surface area contributed by atoms with Crippen LogP contribution in [-0.2, 0) is 10.2 Å². The third-order valence-corrected chi connectivity index (χ3v) is 5.69. The largest absolute Gasteiger partial charge is 0.392 e. The Morgan fingerprint density at radius 1 is 1.28 bits per heavy atom. The van der Waals surface area contributed by atoms with E-state index in [0.717, 1.165) is 25.7 Å². The summed E-state index contributed by atoms with van der Waals surface area (Å²) in [6.45, 7) is 4.78. The van der Waals surface area contributed by atoms with E-state index in [1.54, 1.807) is 0 Å². The molecule has 0 aliphatic heterocycles. The molecule has 0 aromatic carbocycles. The van der Waals surface area contributed by atoms with Crippen molar-refractivity contribution in [1.29, 1.82) is 0 Å². The smallest absolute Gasteiger partial charge is 0.282 e. The van der Waals surface area contributed by atoms with Gasteiger partial charge in [-0.3, -0.25) is 0 Å². The molecule has 0 radical (unpaired) electrons. The predicted molar refractivity (Wildman–Crippen MR) is 77.6 cm³/mol. The van der Waals surface area contributed by atoms with E-state index < -0.39 is 10.2 Å². The quantitative estimate of drug-likeness (QED) is 0.714. The third kappa shape index (κ3) is 3.63. The lowest BCUT2D eigenvalue weighted by atomic mass is 10.2. The molecule has 0 bridgehead atoms. The van der Waals surface area contributed by atoms with E-state index in [1.807, 2.05) is 13.8 Å². The van der Waals surface area contributed by atoms with Gasteiger partial charge in [0.25, 0.3) is 10.2 Å². The zero-order chi connectivity index (χ0) is 13.8. The number of hydrogen-bond acceptors (Lipinski definition) is 3. The maximum Gasteiger partial charge on any atom is 0.282 e. The monoisotopic (exact) mass is 293 g/mol. The minimum Gasteiger partial charge on any atom is -0.392 e. The molecule has 0 amide bonds. The van der Waals surface area contributed by atoms with Gasteiger partial charge in [0.05, 0.1) is 11.5 Å². The fraction of sp³-hybridized carbons (Fsp3) is 0.909. The molecule has 0 aromatic heterocycles. The molecule has 5 nitrogen and oxygen atoms in total. The Hall–Kier alpha value is -0.240. The van der Waals surface area contributed by atoms with Gasteiger partial charge >= 0.3 is 0 Å². The summed E-state index contributed by atoms with van der Waals surface area (Å²) in [4.78, 5) is 0.234. The van der Waals surface area contributed by atoms with Crippen molar-refractivity contribution in [3.63, 3.8) is 0 Å². The Bertz CT molecular complexity index is 374. The van der Waals surface area contributed by atoms with Crippen LogP contribution in [0, 0.1) is 0 Å². The van der Waals surface area contributed by atoms with Gasteiger partial charge in [-0.2, -0.15) is 17.0 Å². The highest BCUT2D eigenvalue weighted by molar-refractivity contribution is 7.87. The molecule has 0 unspecified atom stereocenters. The van der Waals surface area contributed by atoms with E-state index in [4.69, 9.17) is 18.0 Å². The molecule has 18 heavy (non-hydrogen) atoms. The van der Waals surface area contributed by atoms with Gasteiger partial charge in [0, 0.05) is 19.1 Å². The van der Waals surface area contributed by atoms with Gasteiger partial charge in [0.15, 0.2) is 0 Å². The van der Waals surface area contributed by atoms with Gasteiger partial charge in [0.2, 0.25) is 0 Å². The van der Waals surface area contributed by atoms with Crippen LogP contribution in [0.2, 0.25) is 0 Å². The Balaban J connectivity index is 2.96. The van der Waals surface area contributed by atoms with Crippen LogP contribution in [-0.4, -0.2) is 47.7 Å². The van der Waals surface area contributed by atoms with Crippen LogP contribution in [0.25, 0.3) is 0 Å². The second-order valence-corrected chi connectivity index (χ2v) is 6.95. The zero-order valence-corrected chi connectivity index (χ0v) is 12.8. The van der Waals surface area contributed by atoms with Crippen molar-refractivity contribution < 1.29 is 8.42 Å². The van der Waals surface area contributed by atoms with E-state index in [1.165, 1.54) is 8.61 Å². The van der Waals surface area contributed by atoms with Crippen LogP contribution in [0.5, 0.6) is 0 Å². The Morgan fingerprint density at radius 2 is 1.78 bits per heavy atom. The average Bonchev–Trinajstić information content (AvgIpc) is 2.79. The standard InChI is InChI=1S/C11H23N3O2S2/c1-3-13(4-2)18(15,16)14(9-11(12)17)10-7-5-6-8-10/h10H,3-9H2,1-2H3,(H2,12,17). The molecule has 1 fully saturated rings. The van der Waals surface area contributed by atoms with Crippen molar-refractivity contribution in [1.82, 2.24) is 8.61 Å². The number of nitrogens with two attached hydrogens (primary N) is 1. The summed E-state index contributed by atoms with van der Waals surface area (Å²) in [5.74, 6) is 0. The summed E-state index contributed by atoms with van der Waals surface area (Å²) < 4.78 is 28.1. The molecule has 1 rings (SSSR count). The van der Waals surface area contributed by atoms with Crippen LogP contribution in [0.15, 0.2) is 0 Å². The fourth-order valence-corrected chi connectivity index (χ4v) is 4.50. The summed E-state index contributed by atoms with van der Waals surface area (Å²) in [7, 11) is -3.44. The molecule has 0 spiro atoms. The van der Waals surface area contributed by atoms with Crippen molar-refractivity contribution in [2.24, 2.45) is 5.73 Å². The van der Waals surface area contributed by atoms with E-state index in [-0.39, 0.29) is 17.6 Å². The van der Waals surface area contributed by atoms with Crippen molar-refractivity contribution in [3.05, 3.63) is 0 Å². The van der Waals surface area contributed by atoms with E-state index in [2.05, 4.69) is 0 Å². The molecule has 1 aliphatic rings. The molecule has 0 aromatic rings. The lowest BCUT2D eigenvalue weighted by Gasteiger charge is -2.32. The maximum atomic E-state index is 12.6. The fourth-order valence-electron chi connectivity index (χ4n) is 2.44. The minimum absolute atomic E-state index is 0.0529. The SMILES string of the molecule is CCN(CC)S(=O)(=O)N(CC(N)=S)C1CCCC1. The molecule has 0 saturated heterocycles. The average molecular weight is 293 g/mol. The molecule has 0 atom stereocenters. The van der Waals surface area contributed by atoms with E-state index in [0.29, 0.717) is 13.1 Å². The Morgan fingerprint density at radius 3 is 2.17 bits per heavy atom. The van der Waals surface area contributed by atoms with Gasteiger partial charge in [-0.15, -0.1) is 0 Å². The molecular weight excluding hydrogens is 270 g/mol. The molecule has 0 heterocycles. The molecule has 2 N–H and O–H groups in total. The summed E-state index contributed by atoms with van der Waals surface area (Å²) in [6, 6.07) is 0.0529. The first kappa shape index (κ1) is 15.8. The summed E-state index contributed by atoms with van der Waals surface area (Å²) in [5, 5.41) is 0. The van der Waals surface area contributed by atoms with Crippen LogP contribution >= 0.6 is 12.2 Å². The van der Waals surface area contributed by atoms with Crippen LogP contribution in [0.4, 0.5) is 0 Å². The van der Waals surface area contributed by atoms with Crippen LogP contribution in [0.1, 0.15) is 39.5 Å². The predicted octanol–water partition coefficient (Wildman–Crippen LogP) is 1.10. The first-order valence-corrected chi connectivity index (χ1v) is 8.29. The van der Waals surface area contributed by atoms with Crippen LogP contribution < -0.4 is 5.73 Å². The number of rotatable bonds is 7. The van der Waals surface area contributed by atoms with Gasteiger partial charge in [-0.05, 0) is 12.8 Å². The first-order chi connectivity index (χ1) is 8.43. The van der Waals surface area contributed by atoms with Gasteiger partial charge < -0.3 is 5.73 Å². The molecule has 1 aliphatic carbocycles. The van der Waals surface area contributed by atoms with Crippen LogP contribution in [0.3, 0.4) is 0 Å². The second kappa shape index (κ2) is 6.79. The van der Waals surface area contributed by atoms with E-state index >= 15 is 0 Å². The Labute approximate surface area is 115 Å². The number of nitrogens with zero attached hydrogens (tertiary/aromatic N) is 2. The van der Waals surface area contributed by atoms with Crippen molar-refractivity contribution in [2.45, 2.75) is 45.6 Å². The van der Waals surface area contributed by atoms with Crippen molar-refractivity contribution >= 4 is 27.4 Å². The molecule has 1 saturated carbocycles. The topological polar surface area (TPSA) is 66.6 Å². The summed E-state index contributed by atoms with van der Waals surface area (Å²) in [5.41, 5.74) is 5.55. The third-order valence-electron chi connectivity index (χ3n) is 3.37. The summed E-state index contributed by atoms with van der Waals surface area (Å²) in [6.07, 6.45) is 3.96. The lowest BCUT2D eigenvalue weighted by molar-refractivity contribution is 0.313. The number of hydrogen-bond donors (Lipinski definition) is 1.